The van der Waals surface area contributed by atoms with Crippen LogP contribution >= 0.6 is 22.7 Å². The average Bonchev–Trinajstić information content (AvgIpc) is 3.11. The van der Waals surface area contributed by atoms with Crippen LogP contribution in [-0.4, -0.2) is 42.1 Å². The zero-order valence-corrected chi connectivity index (χ0v) is 14.2. The molecule has 1 aliphatic rings. The van der Waals surface area contributed by atoms with Gasteiger partial charge >= 0.3 is 0 Å². The molecular formula is C15H22N4S2. The smallest absolute Gasteiger partial charge is 0.185 e. The van der Waals surface area contributed by atoms with E-state index >= 15 is 0 Å². The lowest BCUT2D eigenvalue weighted by atomic mass is 10.1. The van der Waals surface area contributed by atoms with E-state index in [4.69, 9.17) is 5.73 Å². The summed E-state index contributed by atoms with van der Waals surface area (Å²) in [6.45, 7) is 8.42. The first-order chi connectivity index (χ1) is 10.1. The summed E-state index contributed by atoms with van der Waals surface area (Å²) in [5.41, 5.74) is 6.28. The van der Waals surface area contributed by atoms with Crippen LogP contribution in [0, 0.1) is 6.92 Å². The molecule has 2 aromatic rings. The molecule has 6 heteroatoms. The van der Waals surface area contributed by atoms with E-state index < -0.39 is 0 Å². The topological polar surface area (TPSA) is 45.4 Å². The Kier molecular flexibility index (Phi) is 4.59. The molecule has 0 spiro atoms. The van der Waals surface area contributed by atoms with Crippen LogP contribution in [-0.2, 0) is 0 Å². The van der Waals surface area contributed by atoms with Gasteiger partial charge in [-0.1, -0.05) is 0 Å². The summed E-state index contributed by atoms with van der Waals surface area (Å²) in [5.74, 6) is 0. The van der Waals surface area contributed by atoms with Gasteiger partial charge in [-0.25, -0.2) is 4.98 Å². The minimum Gasteiger partial charge on any atom is -0.346 e. The van der Waals surface area contributed by atoms with Crippen molar-refractivity contribution in [1.29, 1.82) is 0 Å². The Labute approximate surface area is 134 Å². The Morgan fingerprint density at radius 1 is 1.24 bits per heavy atom. The molecule has 0 saturated carbocycles. The monoisotopic (exact) mass is 322 g/mol. The molecule has 2 atom stereocenters. The number of thiazole rings is 1. The van der Waals surface area contributed by atoms with Gasteiger partial charge in [0.1, 0.15) is 0 Å². The number of nitrogens with zero attached hydrogens (tertiary/aromatic N) is 3. The molecule has 3 rings (SSSR count). The Bertz CT molecular complexity index is 556. The van der Waals surface area contributed by atoms with Crippen molar-refractivity contribution in [3.8, 4) is 0 Å². The number of hydrogen-bond acceptors (Lipinski definition) is 6. The van der Waals surface area contributed by atoms with E-state index in [1.165, 1.54) is 9.75 Å². The molecule has 3 heterocycles. The number of nitrogens with two attached hydrogens (primary N) is 1. The van der Waals surface area contributed by atoms with E-state index in [-0.39, 0.29) is 6.04 Å². The Balaban J connectivity index is 1.69. The van der Waals surface area contributed by atoms with Gasteiger partial charge in [-0.3, -0.25) is 4.90 Å². The highest BCUT2D eigenvalue weighted by Crippen LogP contribution is 2.31. The molecule has 2 aromatic heterocycles. The molecule has 0 amide bonds. The van der Waals surface area contributed by atoms with E-state index in [2.05, 4.69) is 40.8 Å². The highest BCUT2D eigenvalue weighted by atomic mass is 32.1. The van der Waals surface area contributed by atoms with Crippen molar-refractivity contribution >= 4 is 27.8 Å². The second-order valence-corrected chi connectivity index (χ2v) is 7.78. The van der Waals surface area contributed by atoms with Crippen molar-refractivity contribution in [3.63, 3.8) is 0 Å². The second kappa shape index (κ2) is 6.44. The molecular weight excluding hydrogens is 300 g/mol. The summed E-state index contributed by atoms with van der Waals surface area (Å²) in [6.07, 6.45) is 1.88. The maximum absolute atomic E-state index is 6.28. The number of aromatic nitrogens is 1. The fourth-order valence-corrected chi connectivity index (χ4v) is 4.77. The van der Waals surface area contributed by atoms with Crippen LogP contribution in [0.1, 0.15) is 22.7 Å². The number of hydrogen-bond donors (Lipinski definition) is 1. The van der Waals surface area contributed by atoms with E-state index in [1.807, 2.05) is 22.9 Å². The predicted molar refractivity (Wildman–Crippen MR) is 91.3 cm³/mol. The lowest BCUT2D eigenvalue weighted by Crippen LogP contribution is -2.50. The predicted octanol–water partition coefficient (Wildman–Crippen LogP) is 2.72. The maximum Gasteiger partial charge on any atom is 0.185 e. The molecule has 114 valence electrons. The van der Waals surface area contributed by atoms with Gasteiger partial charge in [0, 0.05) is 53.6 Å². The van der Waals surface area contributed by atoms with Gasteiger partial charge in [0.15, 0.2) is 5.13 Å². The van der Waals surface area contributed by atoms with Crippen LogP contribution in [0.25, 0.3) is 0 Å². The summed E-state index contributed by atoms with van der Waals surface area (Å²) >= 11 is 3.59. The fourth-order valence-electron chi connectivity index (χ4n) is 2.95. The van der Waals surface area contributed by atoms with Crippen molar-refractivity contribution in [3.05, 3.63) is 33.5 Å². The van der Waals surface area contributed by atoms with Crippen LogP contribution in [0.4, 0.5) is 5.13 Å². The summed E-state index contributed by atoms with van der Waals surface area (Å²) in [7, 11) is 0. The largest absolute Gasteiger partial charge is 0.346 e. The van der Waals surface area contributed by atoms with Crippen molar-refractivity contribution in [1.82, 2.24) is 9.88 Å². The molecule has 2 N–H and O–H groups in total. The number of thiophene rings is 1. The molecule has 2 unspecified atom stereocenters. The van der Waals surface area contributed by atoms with Gasteiger partial charge in [-0.15, -0.1) is 22.7 Å². The molecule has 0 radical (unpaired) electrons. The number of aryl methyl sites for hydroxylation is 1. The van der Waals surface area contributed by atoms with E-state index in [0.29, 0.717) is 6.04 Å². The van der Waals surface area contributed by atoms with E-state index in [1.54, 1.807) is 11.3 Å². The first-order valence-electron chi connectivity index (χ1n) is 7.35. The van der Waals surface area contributed by atoms with Gasteiger partial charge in [0.25, 0.3) is 0 Å². The van der Waals surface area contributed by atoms with Crippen molar-refractivity contribution in [2.24, 2.45) is 5.73 Å². The maximum atomic E-state index is 6.28. The minimum atomic E-state index is 0.148. The van der Waals surface area contributed by atoms with Crippen LogP contribution in [0.15, 0.2) is 23.7 Å². The van der Waals surface area contributed by atoms with Crippen molar-refractivity contribution < 1.29 is 0 Å². The zero-order chi connectivity index (χ0) is 14.8. The third-order valence-electron chi connectivity index (χ3n) is 3.95. The summed E-state index contributed by atoms with van der Waals surface area (Å²) in [5, 5.41) is 3.18. The first kappa shape index (κ1) is 15.0. The zero-order valence-electron chi connectivity index (χ0n) is 12.5. The summed E-state index contributed by atoms with van der Waals surface area (Å²) in [6, 6.07) is 4.92. The van der Waals surface area contributed by atoms with Gasteiger partial charge in [0.2, 0.25) is 0 Å². The number of piperazine rings is 1. The summed E-state index contributed by atoms with van der Waals surface area (Å²) in [4.78, 5) is 12.1. The standard InChI is InChI=1S/C15H22N4S2/c1-11-3-4-13(21-11)14(12(2)16)18-6-8-19(9-7-18)15-17-5-10-20-15/h3-5,10,12,14H,6-9,16H2,1-2H3. The molecule has 1 saturated heterocycles. The molecule has 1 aliphatic heterocycles. The van der Waals surface area contributed by atoms with Crippen LogP contribution in [0.3, 0.4) is 0 Å². The van der Waals surface area contributed by atoms with Gasteiger partial charge in [0.05, 0.1) is 6.04 Å². The highest BCUT2D eigenvalue weighted by Gasteiger charge is 2.29. The third-order valence-corrected chi connectivity index (χ3v) is 5.85. The number of rotatable bonds is 4. The summed E-state index contributed by atoms with van der Waals surface area (Å²) < 4.78 is 0. The molecule has 1 fully saturated rings. The quantitative estimate of drug-likeness (QED) is 0.940. The van der Waals surface area contributed by atoms with Crippen molar-refractivity contribution in [2.45, 2.75) is 25.9 Å². The van der Waals surface area contributed by atoms with Gasteiger partial charge in [-0.2, -0.15) is 0 Å². The van der Waals surface area contributed by atoms with Crippen LogP contribution in [0.5, 0.6) is 0 Å². The van der Waals surface area contributed by atoms with Crippen LogP contribution in [0.2, 0.25) is 0 Å². The molecule has 0 aromatic carbocycles. The normalized spacial score (nSPS) is 19.7. The Morgan fingerprint density at radius 2 is 2.00 bits per heavy atom. The lowest BCUT2D eigenvalue weighted by Gasteiger charge is -2.40. The number of anilines is 1. The van der Waals surface area contributed by atoms with Crippen molar-refractivity contribution in [2.75, 3.05) is 31.1 Å². The molecule has 0 aliphatic carbocycles. The average molecular weight is 323 g/mol. The molecule has 0 bridgehead atoms. The van der Waals surface area contributed by atoms with Crippen LogP contribution < -0.4 is 10.6 Å². The fraction of sp³-hybridized carbons (Fsp3) is 0.533. The third kappa shape index (κ3) is 3.29. The molecule has 21 heavy (non-hydrogen) atoms. The molecule has 4 nitrogen and oxygen atoms in total. The Morgan fingerprint density at radius 3 is 2.52 bits per heavy atom. The Hall–Kier alpha value is -0.950. The lowest BCUT2D eigenvalue weighted by molar-refractivity contribution is 0.169. The first-order valence-corrected chi connectivity index (χ1v) is 9.05. The second-order valence-electron chi connectivity index (χ2n) is 5.59. The highest BCUT2D eigenvalue weighted by molar-refractivity contribution is 7.13. The van der Waals surface area contributed by atoms with E-state index in [9.17, 15) is 0 Å². The minimum absolute atomic E-state index is 0.148. The van der Waals surface area contributed by atoms with Gasteiger partial charge in [-0.05, 0) is 26.0 Å². The SMILES string of the molecule is Cc1ccc(C(C(C)N)N2CCN(c3nccs3)CC2)s1. The van der Waals surface area contributed by atoms with E-state index in [0.717, 1.165) is 31.3 Å². The van der Waals surface area contributed by atoms with Gasteiger partial charge < -0.3 is 10.6 Å².